The number of aromatic nitrogens is 5. The van der Waals surface area contributed by atoms with Gasteiger partial charge in [0.25, 0.3) is 0 Å². The largest absolute Gasteiger partial charge is 0.300 e. The Balaban J connectivity index is 1.67. The maximum absolute atomic E-state index is 12.1. The first-order valence-corrected chi connectivity index (χ1v) is 8.16. The zero-order valence-corrected chi connectivity index (χ0v) is 14.0. The van der Waals surface area contributed by atoms with Crippen molar-refractivity contribution in [1.82, 2.24) is 24.1 Å². The Bertz CT molecular complexity index is 818. The van der Waals surface area contributed by atoms with Crippen LogP contribution in [-0.4, -0.2) is 30.0 Å². The molecule has 3 heterocycles. The average Bonchev–Trinajstić information content (AvgIpc) is 3.12. The number of carbonyl (C=O) groups excluding carboxylic acids is 1. The second kappa shape index (κ2) is 5.93. The summed E-state index contributed by atoms with van der Waals surface area (Å²) < 4.78 is 5.91. The van der Waals surface area contributed by atoms with Gasteiger partial charge in [-0.1, -0.05) is 0 Å². The molecule has 0 unspecified atom stereocenters. The number of carbonyl (C=O) groups is 1. The van der Waals surface area contributed by atoms with E-state index in [9.17, 15) is 4.79 Å². The van der Waals surface area contributed by atoms with Gasteiger partial charge in [0.05, 0.1) is 28.9 Å². The predicted molar refractivity (Wildman–Crippen MR) is 86.0 cm³/mol. The molecule has 0 spiro atoms. The van der Waals surface area contributed by atoms with E-state index in [1.165, 1.54) is 0 Å². The van der Waals surface area contributed by atoms with Crippen molar-refractivity contribution >= 4 is 33.9 Å². The van der Waals surface area contributed by atoms with Gasteiger partial charge in [0.15, 0.2) is 5.82 Å². The fraction of sp³-hybridized carbons (Fsp3) is 0.308. The van der Waals surface area contributed by atoms with E-state index in [1.54, 1.807) is 22.2 Å². The van der Waals surface area contributed by atoms with Gasteiger partial charge in [-0.15, -0.1) is 11.3 Å². The van der Waals surface area contributed by atoms with E-state index >= 15 is 0 Å². The first-order chi connectivity index (χ1) is 10.5. The molecule has 22 heavy (non-hydrogen) atoms. The van der Waals surface area contributed by atoms with Gasteiger partial charge in [-0.05, 0) is 13.8 Å². The van der Waals surface area contributed by atoms with Gasteiger partial charge in [0, 0.05) is 29.7 Å². The minimum atomic E-state index is -0.137. The monoisotopic (exact) mass is 334 g/mol. The van der Waals surface area contributed by atoms with Crippen LogP contribution in [0.25, 0.3) is 11.4 Å². The quantitative estimate of drug-likeness (QED) is 0.790. The molecule has 0 aromatic carbocycles. The summed E-state index contributed by atoms with van der Waals surface area (Å²) in [6, 6.07) is 0. The SMILES string of the molecule is Cc1nc(CC(=O)Nc2nc(-c3cnn(C)c3)ns2)c(C)s1. The third-order valence-electron chi connectivity index (χ3n) is 2.96. The molecule has 0 bridgehead atoms. The smallest absolute Gasteiger partial charge is 0.232 e. The fourth-order valence-electron chi connectivity index (χ4n) is 1.98. The summed E-state index contributed by atoms with van der Waals surface area (Å²) in [4.78, 5) is 21.8. The van der Waals surface area contributed by atoms with Gasteiger partial charge >= 0.3 is 0 Å². The Morgan fingerprint density at radius 1 is 1.36 bits per heavy atom. The zero-order chi connectivity index (χ0) is 15.7. The normalized spacial score (nSPS) is 10.9. The van der Waals surface area contributed by atoms with Crippen LogP contribution in [0.15, 0.2) is 12.4 Å². The molecule has 9 heteroatoms. The van der Waals surface area contributed by atoms with Crippen LogP contribution < -0.4 is 5.32 Å². The summed E-state index contributed by atoms with van der Waals surface area (Å²) in [5, 5.41) is 8.29. The van der Waals surface area contributed by atoms with Crippen LogP contribution in [0.5, 0.6) is 0 Å². The van der Waals surface area contributed by atoms with Crippen molar-refractivity contribution in [3.8, 4) is 11.4 Å². The van der Waals surface area contributed by atoms with Crippen LogP contribution in [0.4, 0.5) is 5.13 Å². The molecule has 0 aliphatic carbocycles. The van der Waals surface area contributed by atoms with Gasteiger partial charge in [0.1, 0.15) is 0 Å². The predicted octanol–water partition coefficient (Wildman–Crippen LogP) is 2.19. The lowest BCUT2D eigenvalue weighted by molar-refractivity contribution is -0.115. The van der Waals surface area contributed by atoms with Crippen molar-refractivity contribution in [1.29, 1.82) is 0 Å². The number of rotatable bonds is 4. The highest BCUT2D eigenvalue weighted by molar-refractivity contribution is 7.11. The van der Waals surface area contributed by atoms with Crippen LogP contribution in [0.2, 0.25) is 0 Å². The second-order valence-electron chi connectivity index (χ2n) is 4.79. The summed E-state index contributed by atoms with van der Waals surface area (Å²) in [6.07, 6.45) is 3.77. The molecule has 0 saturated carbocycles. The molecular weight excluding hydrogens is 320 g/mol. The van der Waals surface area contributed by atoms with Crippen molar-refractivity contribution in [3.05, 3.63) is 28.0 Å². The van der Waals surface area contributed by atoms with Crippen molar-refractivity contribution in [2.75, 3.05) is 5.32 Å². The molecule has 0 atom stereocenters. The number of nitrogens with one attached hydrogen (secondary N) is 1. The summed E-state index contributed by atoms with van der Waals surface area (Å²) in [5.74, 6) is 0.427. The Kier molecular flexibility index (Phi) is 3.99. The highest BCUT2D eigenvalue weighted by Crippen LogP contribution is 2.21. The molecular formula is C13H14N6OS2. The van der Waals surface area contributed by atoms with E-state index in [4.69, 9.17) is 0 Å². The number of hydrogen-bond acceptors (Lipinski definition) is 7. The van der Waals surface area contributed by atoms with E-state index in [-0.39, 0.29) is 12.3 Å². The Morgan fingerprint density at radius 2 is 2.18 bits per heavy atom. The maximum atomic E-state index is 12.1. The zero-order valence-electron chi connectivity index (χ0n) is 12.3. The fourth-order valence-corrected chi connectivity index (χ4v) is 3.42. The molecule has 0 radical (unpaired) electrons. The standard InChI is InChI=1S/C13H14N6OS2/c1-7-10(15-8(2)21-7)4-11(20)16-13-17-12(18-22-13)9-5-14-19(3)6-9/h5-6H,4H2,1-3H3,(H,16,17,18,20). The lowest BCUT2D eigenvalue weighted by Crippen LogP contribution is -2.15. The van der Waals surface area contributed by atoms with Gasteiger partial charge in [-0.2, -0.15) is 14.5 Å². The van der Waals surface area contributed by atoms with Crippen LogP contribution in [0, 0.1) is 13.8 Å². The molecule has 3 aromatic heterocycles. The van der Waals surface area contributed by atoms with Crippen molar-refractivity contribution in [2.24, 2.45) is 7.05 Å². The highest BCUT2D eigenvalue weighted by Gasteiger charge is 2.14. The molecule has 114 valence electrons. The van der Waals surface area contributed by atoms with Crippen molar-refractivity contribution in [2.45, 2.75) is 20.3 Å². The number of nitrogens with zero attached hydrogens (tertiary/aromatic N) is 5. The molecule has 7 nitrogen and oxygen atoms in total. The summed E-state index contributed by atoms with van der Waals surface area (Å²) in [7, 11) is 1.83. The van der Waals surface area contributed by atoms with Crippen molar-refractivity contribution < 1.29 is 4.79 Å². The first kappa shape index (κ1) is 14.8. The van der Waals surface area contributed by atoms with Gasteiger partial charge < -0.3 is 5.32 Å². The van der Waals surface area contributed by atoms with Gasteiger partial charge in [-0.25, -0.2) is 4.98 Å². The molecule has 1 N–H and O–H groups in total. The topological polar surface area (TPSA) is 85.6 Å². The maximum Gasteiger partial charge on any atom is 0.232 e. The van der Waals surface area contributed by atoms with Crippen LogP contribution in [0.3, 0.4) is 0 Å². The summed E-state index contributed by atoms with van der Waals surface area (Å²) in [6.45, 7) is 3.91. The molecule has 3 aromatic rings. The lowest BCUT2D eigenvalue weighted by Gasteiger charge is -1.99. The summed E-state index contributed by atoms with van der Waals surface area (Å²) >= 11 is 2.75. The molecule has 0 saturated heterocycles. The molecule has 0 aliphatic heterocycles. The van der Waals surface area contributed by atoms with E-state index in [0.717, 1.165) is 32.7 Å². The van der Waals surface area contributed by atoms with Crippen molar-refractivity contribution in [3.63, 3.8) is 0 Å². The minimum Gasteiger partial charge on any atom is -0.300 e. The molecule has 1 amide bonds. The third-order valence-corrected chi connectivity index (χ3v) is 4.52. The highest BCUT2D eigenvalue weighted by atomic mass is 32.1. The average molecular weight is 334 g/mol. The third kappa shape index (κ3) is 3.20. The minimum absolute atomic E-state index is 0.137. The van der Waals surface area contributed by atoms with Gasteiger partial charge in [0.2, 0.25) is 11.0 Å². The van der Waals surface area contributed by atoms with E-state index < -0.39 is 0 Å². The number of anilines is 1. The molecule has 3 rings (SSSR count). The summed E-state index contributed by atoms with van der Waals surface area (Å²) in [5.41, 5.74) is 1.64. The Hall–Kier alpha value is -2.13. The van der Waals surface area contributed by atoms with Crippen LogP contribution in [0.1, 0.15) is 15.6 Å². The molecule has 0 aliphatic rings. The number of amides is 1. The number of aryl methyl sites for hydroxylation is 3. The lowest BCUT2D eigenvalue weighted by atomic mass is 10.3. The number of thiazole rings is 1. The Labute approximate surface area is 135 Å². The molecule has 0 fully saturated rings. The van der Waals surface area contributed by atoms with Crippen LogP contribution in [-0.2, 0) is 18.3 Å². The van der Waals surface area contributed by atoms with E-state index in [0.29, 0.717) is 11.0 Å². The second-order valence-corrected chi connectivity index (χ2v) is 6.95. The van der Waals surface area contributed by atoms with Gasteiger partial charge in [-0.3, -0.25) is 9.48 Å². The van der Waals surface area contributed by atoms with E-state index in [2.05, 4.69) is 24.8 Å². The first-order valence-electron chi connectivity index (χ1n) is 6.57. The Morgan fingerprint density at radius 3 is 2.82 bits per heavy atom. The van der Waals surface area contributed by atoms with Crippen LogP contribution >= 0.6 is 22.9 Å². The van der Waals surface area contributed by atoms with E-state index in [1.807, 2.05) is 27.1 Å². The number of hydrogen-bond donors (Lipinski definition) is 1.